The van der Waals surface area contributed by atoms with Gasteiger partial charge in [-0.3, -0.25) is 4.79 Å². The van der Waals surface area contributed by atoms with E-state index in [2.05, 4.69) is 5.32 Å². The molecule has 0 bridgehead atoms. The molecule has 0 aromatic heterocycles. The number of hydrogen-bond donors (Lipinski definition) is 3. The van der Waals surface area contributed by atoms with E-state index in [0.717, 1.165) is 31.2 Å². The highest BCUT2D eigenvalue weighted by Crippen LogP contribution is 2.26. The number of rotatable bonds is 4. The van der Waals surface area contributed by atoms with Crippen molar-refractivity contribution in [3.8, 4) is 0 Å². The molecule has 20 heavy (non-hydrogen) atoms. The SMILES string of the molecule is Nc1ccccc1CC(=O)NCC1(O)CCCCCC1. The highest BCUT2D eigenvalue weighted by atomic mass is 16.3. The van der Waals surface area contributed by atoms with Gasteiger partial charge in [-0.1, -0.05) is 43.9 Å². The molecule has 0 aliphatic heterocycles. The number of amides is 1. The van der Waals surface area contributed by atoms with E-state index < -0.39 is 5.60 Å². The number of benzene rings is 1. The molecule has 1 saturated carbocycles. The lowest BCUT2D eigenvalue weighted by Gasteiger charge is -2.26. The van der Waals surface area contributed by atoms with Crippen LogP contribution in [-0.4, -0.2) is 23.2 Å². The Kier molecular flexibility index (Phi) is 5.01. The molecule has 0 unspecified atom stereocenters. The van der Waals surface area contributed by atoms with Gasteiger partial charge in [-0.25, -0.2) is 0 Å². The van der Waals surface area contributed by atoms with Crippen LogP contribution in [0.25, 0.3) is 0 Å². The lowest BCUT2D eigenvalue weighted by atomic mass is 9.94. The van der Waals surface area contributed by atoms with Gasteiger partial charge in [-0.15, -0.1) is 0 Å². The molecular weight excluding hydrogens is 252 g/mol. The lowest BCUT2D eigenvalue weighted by Crippen LogP contribution is -2.43. The van der Waals surface area contributed by atoms with E-state index >= 15 is 0 Å². The summed E-state index contributed by atoms with van der Waals surface area (Å²) in [5.41, 5.74) is 6.56. The first-order chi connectivity index (χ1) is 9.59. The van der Waals surface area contributed by atoms with Crippen molar-refractivity contribution in [2.24, 2.45) is 0 Å². The van der Waals surface area contributed by atoms with Crippen LogP contribution in [0.3, 0.4) is 0 Å². The third-order valence-electron chi connectivity index (χ3n) is 4.05. The summed E-state index contributed by atoms with van der Waals surface area (Å²) in [6, 6.07) is 7.37. The normalized spacial score (nSPS) is 18.2. The van der Waals surface area contributed by atoms with Gasteiger partial charge in [0.2, 0.25) is 5.91 Å². The molecule has 4 heteroatoms. The molecule has 1 aromatic carbocycles. The molecule has 1 amide bonds. The average Bonchev–Trinajstić information content (AvgIpc) is 2.65. The maximum atomic E-state index is 12.0. The Labute approximate surface area is 120 Å². The van der Waals surface area contributed by atoms with E-state index in [0.29, 0.717) is 12.2 Å². The van der Waals surface area contributed by atoms with Gasteiger partial charge in [0.25, 0.3) is 0 Å². The van der Waals surface area contributed by atoms with Gasteiger partial charge in [-0.2, -0.15) is 0 Å². The number of anilines is 1. The summed E-state index contributed by atoms with van der Waals surface area (Å²) in [6.45, 7) is 0.346. The van der Waals surface area contributed by atoms with Crippen LogP contribution < -0.4 is 11.1 Å². The number of carbonyl (C=O) groups excluding carboxylic acids is 1. The van der Waals surface area contributed by atoms with E-state index in [1.54, 1.807) is 6.07 Å². The Morgan fingerprint density at radius 2 is 1.85 bits per heavy atom. The second kappa shape index (κ2) is 6.75. The zero-order valence-corrected chi connectivity index (χ0v) is 11.9. The predicted molar refractivity (Wildman–Crippen MR) is 80.2 cm³/mol. The van der Waals surface area contributed by atoms with Crippen LogP contribution >= 0.6 is 0 Å². The number of hydrogen-bond acceptors (Lipinski definition) is 3. The Morgan fingerprint density at radius 1 is 1.20 bits per heavy atom. The number of carbonyl (C=O) groups is 1. The van der Waals surface area contributed by atoms with Crippen LogP contribution in [-0.2, 0) is 11.2 Å². The molecule has 1 aromatic rings. The van der Waals surface area contributed by atoms with Crippen LogP contribution in [0.5, 0.6) is 0 Å². The highest BCUT2D eigenvalue weighted by molar-refractivity contribution is 5.80. The first kappa shape index (κ1) is 14.9. The molecule has 0 atom stereocenters. The number of para-hydroxylation sites is 1. The van der Waals surface area contributed by atoms with Crippen LogP contribution in [0.15, 0.2) is 24.3 Å². The Morgan fingerprint density at radius 3 is 2.50 bits per heavy atom. The van der Waals surface area contributed by atoms with Gasteiger partial charge in [0.1, 0.15) is 0 Å². The minimum absolute atomic E-state index is 0.0828. The van der Waals surface area contributed by atoms with Crippen molar-refractivity contribution in [2.75, 3.05) is 12.3 Å². The van der Waals surface area contributed by atoms with Crippen molar-refractivity contribution in [2.45, 2.75) is 50.5 Å². The molecule has 0 spiro atoms. The smallest absolute Gasteiger partial charge is 0.224 e. The summed E-state index contributed by atoms with van der Waals surface area (Å²) in [5.74, 6) is -0.0828. The fraction of sp³-hybridized carbons (Fsp3) is 0.562. The second-order valence-electron chi connectivity index (χ2n) is 5.79. The monoisotopic (exact) mass is 276 g/mol. The average molecular weight is 276 g/mol. The first-order valence-electron chi connectivity index (χ1n) is 7.42. The van der Waals surface area contributed by atoms with E-state index in [9.17, 15) is 9.90 Å². The molecule has 110 valence electrons. The molecule has 1 aliphatic carbocycles. The summed E-state index contributed by atoms with van der Waals surface area (Å²) in [5, 5.41) is 13.3. The second-order valence-corrected chi connectivity index (χ2v) is 5.79. The summed E-state index contributed by atoms with van der Waals surface area (Å²) in [6.07, 6.45) is 6.26. The maximum absolute atomic E-state index is 12.0. The fourth-order valence-corrected chi connectivity index (χ4v) is 2.76. The summed E-state index contributed by atoms with van der Waals surface area (Å²) >= 11 is 0. The van der Waals surface area contributed by atoms with Crippen molar-refractivity contribution in [3.63, 3.8) is 0 Å². The largest absolute Gasteiger partial charge is 0.398 e. The molecule has 1 aliphatic rings. The summed E-state index contributed by atoms with van der Waals surface area (Å²) in [4.78, 5) is 12.0. The van der Waals surface area contributed by atoms with Crippen molar-refractivity contribution >= 4 is 11.6 Å². The van der Waals surface area contributed by atoms with Gasteiger partial charge in [0.15, 0.2) is 0 Å². The molecule has 1 fully saturated rings. The van der Waals surface area contributed by atoms with E-state index in [-0.39, 0.29) is 12.3 Å². The molecule has 4 N–H and O–H groups in total. The first-order valence-corrected chi connectivity index (χ1v) is 7.42. The minimum Gasteiger partial charge on any atom is -0.398 e. The maximum Gasteiger partial charge on any atom is 0.224 e. The van der Waals surface area contributed by atoms with Gasteiger partial charge in [-0.05, 0) is 24.5 Å². The zero-order chi connectivity index (χ0) is 14.4. The summed E-state index contributed by atoms with van der Waals surface area (Å²) < 4.78 is 0. The number of nitrogen functional groups attached to an aromatic ring is 1. The Hall–Kier alpha value is -1.55. The third kappa shape index (κ3) is 4.23. The Balaban J connectivity index is 1.84. The van der Waals surface area contributed by atoms with Crippen LogP contribution in [0.1, 0.15) is 44.1 Å². The number of nitrogens with two attached hydrogens (primary N) is 1. The Bertz CT molecular complexity index is 452. The van der Waals surface area contributed by atoms with Crippen LogP contribution in [0.4, 0.5) is 5.69 Å². The van der Waals surface area contributed by atoms with Gasteiger partial charge < -0.3 is 16.2 Å². The zero-order valence-electron chi connectivity index (χ0n) is 11.9. The molecular formula is C16H24N2O2. The highest BCUT2D eigenvalue weighted by Gasteiger charge is 2.28. The number of nitrogens with one attached hydrogen (secondary N) is 1. The van der Waals surface area contributed by atoms with Gasteiger partial charge in [0, 0.05) is 12.2 Å². The number of aliphatic hydroxyl groups is 1. The third-order valence-corrected chi connectivity index (χ3v) is 4.05. The van der Waals surface area contributed by atoms with Crippen LogP contribution in [0.2, 0.25) is 0 Å². The fourth-order valence-electron chi connectivity index (χ4n) is 2.76. The topological polar surface area (TPSA) is 75.4 Å². The molecule has 0 saturated heterocycles. The van der Waals surface area contributed by atoms with E-state index in [1.807, 2.05) is 18.2 Å². The van der Waals surface area contributed by atoms with E-state index in [1.165, 1.54) is 12.8 Å². The van der Waals surface area contributed by atoms with Crippen molar-refractivity contribution in [3.05, 3.63) is 29.8 Å². The predicted octanol–water partition coefficient (Wildman–Crippen LogP) is 2.01. The molecule has 0 heterocycles. The summed E-state index contributed by atoms with van der Waals surface area (Å²) in [7, 11) is 0. The van der Waals surface area contributed by atoms with Crippen molar-refractivity contribution < 1.29 is 9.90 Å². The minimum atomic E-state index is -0.728. The molecule has 2 rings (SSSR count). The standard InChI is InChI=1S/C16H24N2O2/c17-14-8-4-3-7-13(14)11-15(19)18-12-16(20)9-5-1-2-6-10-16/h3-4,7-8,20H,1-2,5-6,9-12,17H2,(H,18,19). The van der Waals surface area contributed by atoms with Crippen molar-refractivity contribution in [1.29, 1.82) is 0 Å². The van der Waals surface area contributed by atoms with E-state index in [4.69, 9.17) is 5.73 Å². The van der Waals surface area contributed by atoms with Crippen molar-refractivity contribution in [1.82, 2.24) is 5.32 Å². The molecule has 4 nitrogen and oxygen atoms in total. The quantitative estimate of drug-likeness (QED) is 0.581. The molecule has 0 radical (unpaired) electrons. The van der Waals surface area contributed by atoms with Crippen LogP contribution in [0, 0.1) is 0 Å². The lowest BCUT2D eigenvalue weighted by molar-refractivity contribution is -0.121. The van der Waals surface area contributed by atoms with Gasteiger partial charge >= 0.3 is 0 Å². The van der Waals surface area contributed by atoms with Gasteiger partial charge in [0.05, 0.1) is 12.0 Å².